The molecule has 0 fully saturated rings. The van der Waals surface area contributed by atoms with Gasteiger partial charge in [0.05, 0.1) is 0 Å². The molecule has 1 aromatic heterocycles. The molecule has 0 aliphatic carbocycles. The quantitative estimate of drug-likeness (QED) is 0.758. The molecular formula is C17H16N4O. The smallest absolute Gasteiger partial charge is 0.279 e. The first-order valence-electron chi connectivity index (χ1n) is 7.13. The summed E-state index contributed by atoms with van der Waals surface area (Å²) in [6.45, 7) is 0.680. The number of rotatable bonds is 5. The fourth-order valence-corrected chi connectivity index (χ4v) is 2.17. The molecule has 0 radical (unpaired) electrons. The maximum atomic E-state index is 12.1. The van der Waals surface area contributed by atoms with E-state index in [2.05, 4.69) is 32.6 Å². The van der Waals surface area contributed by atoms with Crippen molar-refractivity contribution in [2.45, 2.75) is 6.42 Å². The molecule has 0 saturated carbocycles. The third-order valence-corrected chi connectivity index (χ3v) is 3.29. The topological polar surface area (TPSA) is 70.7 Å². The van der Waals surface area contributed by atoms with E-state index in [0.717, 1.165) is 12.0 Å². The number of hydrogen-bond donors (Lipinski definition) is 2. The summed E-state index contributed by atoms with van der Waals surface area (Å²) >= 11 is 0. The molecule has 5 heteroatoms. The van der Waals surface area contributed by atoms with Gasteiger partial charge in [0.1, 0.15) is 0 Å². The van der Waals surface area contributed by atoms with E-state index < -0.39 is 0 Å². The van der Waals surface area contributed by atoms with Crippen LogP contribution in [0.2, 0.25) is 0 Å². The van der Waals surface area contributed by atoms with Gasteiger partial charge in [0.15, 0.2) is 5.69 Å². The molecule has 0 saturated heterocycles. The van der Waals surface area contributed by atoms with Crippen LogP contribution in [0, 0.1) is 0 Å². The molecule has 2 N–H and O–H groups in total. The lowest BCUT2D eigenvalue weighted by Gasteiger charge is -2.05. The van der Waals surface area contributed by atoms with Crippen molar-refractivity contribution < 1.29 is 0 Å². The van der Waals surface area contributed by atoms with E-state index in [4.69, 9.17) is 0 Å². The zero-order chi connectivity index (χ0) is 15.2. The largest absolute Gasteiger partial charge is 0.354 e. The Kier molecular flexibility index (Phi) is 4.25. The summed E-state index contributed by atoms with van der Waals surface area (Å²) in [5.41, 5.74) is 2.07. The minimum Gasteiger partial charge on any atom is -0.354 e. The van der Waals surface area contributed by atoms with Crippen LogP contribution in [0.25, 0.3) is 11.3 Å². The van der Waals surface area contributed by atoms with Gasteiger partial charge in [0.25, 0.3) is 5.56 Å². The number of anilines is 1. The summed E-state index contributed by atoms with van der Waals surface area (Å²) in [6.07, 6.45) is 0.852. The summed E-state index contributed by atoms with van der Waals surface area (Å²) in [5, 5.41) is 11.1. The molecule has 3 rings (SSSR count). The van der Waals surface area contributed by atoms with Crippen molar-refractivity contribution in [3.63, 3.8) is 0 Å². The second kappa shape index (κ2) is 6.67. The van der Waals surface area contributed by atoms with E-state index >= 15 is 0 Å². The van der Waals surface area contributed by atoms with Crippen LogP contribution < -0.4 is 10.9 Å². The molecule has 0 aliphatic heterocycles. The Bertz CT molecular complexity index is 785. The molecule has 2 aromatic carbocycles. The number of aromatic nitrogens is 3. The number of H-pyrrole nitrogens is 1. The van der Waals surface area contributed by atoms with Crippen LogP contribution in [0.4, 0.5) is 5.95 Å². The number of hydrogen-bond acceptors (Lipinski definition) is 4. The van der Waals surface area contributed by atoms with Gasteiger partial charge in [-0.25, -0.2) is 0 Å². The Morgan fingerprint density at radius 2 is 1.59 bits per heavy atom. The van der Waals surface area contributed by atoms with Crippen LogP contribution in [-0.2, 0) is 6.42 Å². The highest BCUT2D eigenvalue weighted by Crippen LogP contribution is 2.10. The van der Waals surface area contributed by atoms with Gasteiger partial charge in [-0.15, -0.1) is 10.2 Å². The van der Waals surface area contributed by atoms with Crippen molar-refractivity contribution in [3.8, 4) is 11.3 Å². The summed E-state index contributed by atoms with van der Waals surface area (Å²) < 4.78 is 0. The highest BCUT2D eigenvalue weighted by molar-refractivity contribution is 5.57. The molecule has 22 heavy (non-hydrogen) atoms. The Balaban J connectivity index is 1.66. The van der Waals surface area contributed by atoms with Crippen LogP contribution >= 0.6 is 0 Å². The number of benzene rings is 2. The molecule has 0 unspecified atom stereocenters. The molecule has 0 aliphatic rings. The molecule has 5 nitrogen and oxygen atoms in total. The average molecular weight is 292 g/mol. The first-order valence-corrected chi connectivity index (χ1v) is 7.13. The normalized spacial score (nSPS) is 10.4. The van der Waals surface area contributed by atoms with Gasteiger partial charge in [-0.3, -0.25) is 9.78 Å². The highest BCUT2D eigenvalue weighted by Gasteiger charge is 2.06. The Morgan fingerprint density at radius 1 is 0.909 bits per heavy atom. The summed E-state index contributed by atoms with van der Waals surface area (Å²) in [7, 11) is 0. The van der Waals surface area contributed by atoms with Crippen molar-refractivity contribution in [2.75, 3.05) is 11.9 Å². The van der Waals surface area contributed by atoms with Gasteiger partial charge in [0, 0.05) is 12.1 Å². The van der Waals surface area contributed by atoms with Crippen LogP contribution in [0.15, 0.2) is 65.5 Å². The zero-order valence-corrected chi connectivity index (χ0v) is 12.0. The van der Waals surface area contributed by atoms with E-state index in [0.29, 0.717) is 18.2 Å². The van der Waals surface area contributed by atoms with E-state index in [9.17, 15) is 4.79 Å². The molecule has 0 bridgehead atoms. The third kappa shape index (κ3) is 3.38. The molecular weight excluding hydrogens is 276 g/mol. The minimum absolute atomic E-state index is 0.247. The standard InChI is InChI=1S/C17H16N4O/c22-16-15(14-9-5-2-6-10-14)20-21-17(19-16)18-12-11-13-7-3-1-4-8-13/h1-10H,11-12H2,(H2,18,19,21,22). The van der Waals surface area contributed by atoms with Crippen LogP contribution in [-0.4, -0.2) is 21.7 Å². The van der Waals surface area contributed by atoms with Gasteiger partial charge < -0.3 is 5.32 Å². The second-order valence-electron chi connectivity index (χ2n) is 4.88. The van der Waals surface area contributed by atoms with E-state index in [1.165, 1.54) is 5.56 Å². The molecule has 1 heterocycles. The molecule has 3 aromatic rings. The van der Waals surface area contributed by atoms with Crippen LogP contribution in [0.5, 0.6) is 0 Å². The van der Waals surface area contributed by atoms with Crippen molar-refractivity contribution in [1.82, 2.24) is 15.2 Å². The Labute approximate surface area is 128 Å². The summed E-state index contributed by atoms with van der Waals surface area (Å²) in [6, 6.07) is 19.4. The maximum absolute atomic E-state index is 12.1. The Morgan fingerprint density at radius 3 is 2.27 bits per heavy atom. The monoisotopic (exact) mass is 292 g/mol. The predicted octanol–water partition coefficient (Wildman–Crippen LogP) is 2.49. The van der Waals surface area contributed by atoms with Crippen LogP contribution in [0.1, 0.15) is 5.56 Å². The molecule has 110 valence electrons. The van der Waals surface area contributed by atoms with Gasteiger partial charge in [-0.05, 0) is 12.0 Å². The maximum Gasteiger partial charge on any atom is 0.279 e. The highest BCUT2D eigenvalue weighted by atomic mass is 16.1. The first-order chi connectivity index (χ1) is 10.8. The Hall–Kier alpha value is -2.95. The van der Waals surface area contributed by atoms with Crippen molar-refractivity contribution in [1.29, 1.82) is 0 Å². The zero-order valence-electron chi connectivity index (χ0n) is 12.0. The lowest BCUT2D eigenvalue weighted by atomic mass is 10.1. The van der Waals surface area contributed by atoms with Crippen molar-refractivity contribution in [3.05, 3.63) is 76.6 Å². The second-order valence-corrected chi connectivity index (χ2v) is 4.88. The van der Waals surface area contributed by atoms with Gasteiger partial charge in [-0.1, -0.05) is 60.7 Å². The molecule has 0 spiro atoms. The van der Waals surface area contributed by atoms with Crippen LogP contribution in [0.3, 0.4) is 0 Å². The number of nitrogens with zero attached hydrogens (tertiary/aromatic N) is 2. The van der Waals surface area contributed by atoms with Crippen molar-refractivity contribution in [2.24, 2.45) is 0 Å². The SMILES string of the molecule is O=c1[nH]c(NCCc2ccccc2)nnc1-c1ccccc1. The lowest BCUT2D eigenvalue weighted by Crippen LogP contribution is -2.18. The minimum atomic E-state index is -0.247. The first kappa shape index (κ1) is 14.0. The summed E-state index contributed by atoms with van der Waals surface area (Å²) in [5.74, 6) is 0.389. The van der Waals surface area contributed by atoms with E-state index in [1.54, 1.807) is 0 Å². The van der Waals surface area contributed by atoms with E-state index in [-0.39, 0.29) is 5.56 Å². The predicted molar refractivity (Wildman–Crippen MR) is 86.7 cm³/mol. The molecule has 0 amide bonds. The van der Waals surface area contributed by atoms with Gasteiger partial charge in [0.2, 0.25) is 5.95 Å². The van der Waals surface area contributed by atoms with Gasteiger partial charge in [-0.2, -0.15) is 0 Å². The number of nitrogens with one attached hydrogen (secondary N) is 2. The summed E-state index contributed by atoms with van der Waals surface area (Å²) in [4.78, 5) is 14.8. The fourth-order valence-electron chi connectivity index (χ4n) is 2.17. The van der Waals surface area contributed by atoms with E-state index in [1.807, 2.05) is 48.5 Å². The fraction of sp³-hybridized carbons (Fsp3) is 0.118. The number of aromatic amines is 1. The van der Waals surface area contributed by atoms with Crippen molar-refractivity contribution >= 4 is 5.95 Å². The average Bonchev–Trinajstić information content (AvgIpc) is 2.57. The molecule has 0 atom stereocenters. The van der Waals surface area contributed by atoms with Gasteiger partial charge >= 0.3 is 0 Å². The third-order valence-electron chi connectivity index (χ3n) is 3.29. The lowest BCUT2D eigenvalue weighted by molar-refractivity contribution is 0.915.